The van der Waals surface area contributed by atoms with E-state index in [1.54, 1.807) is 16.7 Å². The summed E-state index contributed by atoms with van der Waals surface area (Å²) in [7, 11) is -3.42. The van der Waals surface area contributed by atoms with Crippen LogP contribution in [0.5, 0.6) is 0 Å². The Balaban J connectivity index is 1.47. The van der Waals surface area contributed by atoms with Crippen LogP contribution in [0.15, 0.2) is 59.1 Å². The molecule has 146 valence electrons. The Labute approximate surface area is 169 Å². The van der Waals surface area contributed by atoms with Gasteiger partial charge in [0.1, 0.15) is 16.4 Å². The van der Waals surface area contributed by atoms with E-state index in [-0.39, 0.29) is 0 Å². The Morgan fingerprint density at radius 2 is 1.75 bits per heavy atom. The molecule has 0 radical (unpaired) electrons. The van der Waals surface area contributed by atoms with Crippen LogP contribution in [0.2, 0.25) is 0 Å². The molecule has 0 aliphatic carbocycles. The molecule has 1 aromatic carbocycles. The van der Waals surface area contributed by atoms with Gasteiger partial charge < -0.3 is 4.90 Å². The van der Waals surface area contributed by atoms with Crippen molar-refractivity contribution in [1.29, 1.82) is 0 Å². The molecule has 2 aromatic heterocycles. The van der Waals surface area contributed by atoms with Crippen LogP contribution in [0.3, 0.4) is 0 Å². The van der Waals surface area contributed by atoms with Crippen LogP contribution < -0.4 is 4.90 Å². The normalized spacial score (nSPS) is 15.7. The number of sulfonamides is 1. The summed E-state index contributed by atoms with van der Waals surface area (Å²) in [5.74, 6) is 0.829. The number of benzene rings is 1. The molecule has 0 amide bonds. The number of nitrogens with zero attached hydrogens (tertiary/aromatic N) is 4. The molecule has 0 spiro atoms. The van der Waals surface area contributed by atoms with Gasteiger partial charge in [0.25, 0.3) is 10.0 Å². The molecule has 0 atom stereocenters. The third kappa shape index (κ3) is 3.80. The van der Waals surface area contributed by atoms with Crippen molar-refractivity contribution in [2.45, 2.75) is 17.6 Å². The number of aromatic nitrogens is 2. The zero-order valence-corrected chi connectivity index (χ0v) is 17.3. The SMILES string of the molecule is CCc1ccc(S(=O)(=O)N2CCN(c3cc(-c4ccccc4)ncn3)CC2)s1. The minimum Gasteiger partial charge on any atom is -0.354 e. The Morgan fingerprint density at radius 3 is 2.43 bits per heavy atom. The Kier molecular flexibility index (Phi) is 5.43. The van der Waals surface area contributed by atoms with Crippen molar-refractivity contribution >= 4 is 27.2 Å². The van der Waals surface area contributed by atoms with Crippen molar-refractivity contribution in [3.63, 3.8) is 0 Å². The van der Waals surface area contributed by atoms with Crippen LogP contribution >= 0.6 is 11.3 Å². The molecule has 0 N–H and O–H groups in total. The highest BCUT2D eigenvalue weighted by molar-refractivity contribution is 7.91. The second-order valence-electron chi connectivity index (χ2n) is 6.59. The highest BCUT2D eigenvalue weighted by atomic mass is 32.2. The summed E-state index contributed by atoms with van der Waals surface area (Å²) in [6, 6.07) is 15.6. The molecule has 3 heterocycles. The van der Waals surface area contributed by atoms with Crippen molar-refractivity contribution in [2.75, 3.05) is 31.1 Å². The summed E-state index contributed by atoms with van der Waals surface area (Å²) in [4.78, 5) is 12.0. The van der Waals surface area contributed by atoms with Crippen LogP contribution in [-0.2, 0) is 16.4 Å². The maximum Gasteiger partial charge on any atom is 0.252 e. The second kappa shape index (κ2) is 7.98. The van der Waals surface area contributed by atoms with Crippen molar-refractivity contribution in [2.24, 2.45) is 0 Å². The summed E-state index contributed by atoms with van der Waals surface area (Å²) in [5.41, 5.74) is 1.91. The van der Waals surface area contributed by atoms with E-state index >= 15 is 0 Å². The average Bonchev–Trinajstić information content (AvgIpc) is 3.25. The molecule has 28 heavy (non-hydrogen) atoms. The Bertz CT molecular complexity index is 1040. The standard InChI is InChI=1S/C20H22N4O2S2/c1-2-17-8-9-20(27-17)28(25,26)24-12-10-23(11-13-24)19-14-18(21-15-22-19)16-6-4-3-5-7-16/h3-9,14-15H,2,10-13H2,1H3. The number of thiophene rings is 1. The number of aryl methyl sites for hydroxylation is 1. The quantitative estimate of drug-likeness (QED) is 0.641. The van der Waals surface area contributed by atoms with Crippen LogP contribution in [0.4, 0.5) is 5.82 Å². The van der Waals surface area contributed by atoms with E-state index in [0.29, 0.717) is 30.4 Å². The van der Waals surface area contributed by atoms with Gasteiger partial charge in [0.2, 0.25) is 0 Å². The van der Waals surface area contributed by atoms with Gasteiger partial charge >= 0.3 is 0 Å². The Hall–Kier alpha value is -2.29. The van der Waals surface area contributed by atoms with Crippen LogP contribution in [0.1, 0.15) is 11.8 Å². The van der Waals surface area contributed by atoms with Gasteiger partial charge in [0.05, 0.1) is 5.69 Å². The highest BCUT2D eigenvalue weighted by Crippen LogP contribution is 2.27. The van der Waals surface area contributed by atoms with Crippen LogP contribution in [0.25, 0.3) is 11.3 Å². The first-order valence-corrected chi connectivity index (χ1v) is 11.5. The second-order valence-corrected chi connectivity index (χ2v) is 9.93. The van der Waals surface area contributed by atoms with E-state index in [1.165, 1.54) is 11.3 Å². The van der Waals surface area contributed by atoms with Gasteiger partial charge in [0.15, 0.2) is 0 Å². The van der Waals surface area contributed by atoms with Crippen molar-refractivity contribution in [3.05, 3.63) is 59.7 Å². The van der Waals surface area contributed by atoms with Crippen LogP contribution in [0, 0.1) is 0 Å². The largest absolute Gasteiger partial charge is 0.354 e. The van der Waals surface area contributed by atoms with Gasteiger partial charge in [-0.25, -0.2) is 18.4 Å². The molecule has 1 fully saturated rings. The summed E-state index contributed by atoms with van der Waals surface area (Å²) in [6.45, 7) is 4.15. The van der Waals surface area contributed by atoms with Gasteiger partial charge in [-0.15, -0.1) is 11.3 Å². The number of anilines is 1. The number of hydrogen-bond donors (Lipinski definition) is 0. The molecule has 6 nitrogen and oxygen atoms in total. The van der Waals surface area contributed by atoms with Gasteiger partial charge in [-0.2, -0.15) is 4.31 Å². The fourth-order valence-electron chi connectivity index (χ4n) is 3.26. The summed E-state index contributed by atoms with van der Waals surface area (Å²) in [6.07, 6.45) is 2.42. The molecule has 1 saturated heterocycles. The average molecular weight is 415 g/mol. The lowest BCUT2D eigenvalue weighted by molar-refractivity contribution is 0.385. The Morgan fingerprint density at radius 1 is 1.00 bits per heavy atom. The molecule has 1 aliphatic heterocycles. The predicted octanol–water partition coefficient (Wildman–Crippen LogP) is 3.28. The molecular formula is C20H22N4O2S2. The monoisotopic (exact) mass is 414 g/mol. The van der Waals surface area contributed by atoms with E-state index in [1.807, 2.05) is 49.4 Å². The molecule has 8 heteroatoms. The van der Waals surface area contributed by atoms with Crippen LogP contribution in [-0.4, -0.2) is 48.9 Å². The summed E-state index contributed by atoms with van der Waals surface area (Å²) < 4.78 is 27.8. The van der Waals surface area contributed by atoms with E-state index in [9.17, 15) is 8.42 Å². The molecule has 4 rings (SSSR count). The number of piperazine rings is 1. The highest BCUT2D eigenvalue weighted by Gasteiger charge is 2.30. The number of rotatable bonds is 5. The minimum atomic E-state index is -3.42. The van der Waals surface area contributed by atoms with Gasteiger partial charge in [-0.05, 0) is 18.6 Å². The topological polar surface area (TPSA) is 66.4 Å². The van der Waals surface area contributed by atoms with E-state index < -0.39 is 10.0 Å². The lowest BCUT2D eigenvalue weighted by Gasteiger charge is -2.34. The zero-order valence-electron chi connectivity index (χ0n) is 15.7. The van der Waals surface area contributed by atoms with Crippen molar-refractivity contribution < 1.29 is 8.42 Å². The van der Waals surface area contributed by atoms with Crippen molar-refractivity contribution in [1.82, 2.24) is 14.3 Å². The third-order valence-corrected chi connectivity index (χ3v) is 8.46. The molecule has 3 aromatic rings. The van der Waals surface area contributed by atoms with Gasteiger partial charge in [0, 0.05) is 42.7 Å². The first-order valence-electron chi connectivity index (χ1n) is 9.29. The summed E-state index contributed by atoms with van der Waals surface area (Å²) in [5, 5.41) is 0. The number of hydrogen-bond acceptors (Lipinski definition) is 6. The predicted molar refractivity (Wildman–Crippen MR) is 112 cm³/mol. The molecule has 0 bridgehead atoms. The summed E-state index contributed by atoms with van der Waals surface area (Å²) >= 11 is 1.37. The smallest absolute Gasteiger partial charge is 0.252 e. The third-order valence-electron chi connectivity index (χ3n) is 4.86. The molecular weight excluding hydrogens is 392 g/mol. The lowest BCUT2D eigenvalue weighted by Crippen LogP contribution is -2.48. The fourth-order valence-corrected chi connectivity index (χ4v) is 6.13. The molecule has 0 saturated carbocycles. The molecule has 1 aliphatic rings. The van der Waals surface area contributed by atoms with E-state index in [4.69, 9.17) is 0 Å². The maximum atomic E-state index is 12.9. The first kappa shape index (κ1) is 19.0. The van der Waals surface area contributed by atoms with Gasteiger partial charge in [-0.3, -0.25) is 0 Å². The van der Waals surface area contributed by atoms with Crippen molar-refractivity contribution in [3.8, 4) is 11.3 Å². The fraction of sp³-hybridized carbons (Fsp3) is 0.300. The lowest BCUT2D eigenvalue weighted by atomic mass is 10.1. The van der Waals surface area contributed by atoms with Gasteiger partial charge in [-0.1, -0.05) is 37.3 Å². The first-order chi connectivity index (χ1) is 13.6. The van der Waals surface area contributed by atoms with E-state index in [2.05, 4.69) is 14.9 Å². The van der Waals surface area contributed by atoms with E-state index in [0.717, 1.165) is 28.4 Å². The maximum absolute atomic E-state index is 12.9. The molecule has 0 unspecified atom stereocenters. The zero-order chi connectivity index (χ0) is 19.6. The minimum absolute atomic E-state index is 0.436.